The summed E-state index contributed by atoms with van der Waals surface area (Å²) in [4.78, 5) is 23.1. The Kier molecular flexibility index (Phi) is 4.63. The second-order valence-corrected chi connectivity index (χ2v) is 4.99. The van der Waals surface area contributed by atoms with Gasteiger partial charge in [0.25, 0.3) is 5.24 Å². The third kappa shape index (κ3) is 3.18. The first kappa shape index (κ1) is 15.8. The number of Topliss-reactive ketones (excluding diaryl/α,β-unsaturated/α-hetero) is 1. The summed E-state index contributed by atoms with van der Waals surface area (Å²) in [6, 6.07) is 13.2. The zero-order valence-corrected chi connectivity index (χ0v) is 12.5. The van der Waals surface area contributed by atoms with E-state index in [0.29, 0.717) is 11.1 Å². The van der Waals surface area contributed by atoms with Crippen LogP contribution < -0.4 is 0 Å². The van der Waals surface area contributed by atoms with Crippen LogP contribution in [0.4, 0.5) is 0 Å². The zero-order valence-electron chi connectivity index (χ0n) is 11.7. The molecule has 0 aliphatic heterocycles. The minimum Gasteiger partial charge on any atom is -0.508 e. The number of hydrogen-bond acceptors (Lipinski definition) is 4. The van der Waals surface area contributed by atoms with Crippen LogP contribution in [0.5, 0.6) is 5.75 Å². The molecule has 2 aromatic rings. The number of carbonyl (C=O) groups excluding carboxylic acids is 2. The van der Waals surface area contributed by atoms with Crippen molar-refractivity contribution >= 4 is 28.2 Å². The maximum Gasteiger partial charge on any atom is 0.287 e. The van der Waals surface area contributed by atoms with E-state index in [2.05, 4.69) is 0 Å². The zero-order chi connectivity index (χ0) is 16.3. The SMILES string of the molecule is CC(=O)C(=C(O)C(=O)Cl)c1ccccc1-c1ccc(O)cc1. The lowest BCUT2D eigenvalue weighted by Crippen LogP contribution is -2.06. The lowest BCUT2D eigenvalue weighted by atomic mass is 9.92. The Hall–Kier alpha value is -2.59. The number of phenols is 1. The lowest BCUT2D eigenvalue weighted by molar-refractivity contribution is -0.113. The summed E-state index contributed by atoms with van der Waals surface area (Å²) in [5.74, 6) is -1.14. The molecule has 0 bridgehead atoms. The molecule has 0 saturated carbocycles. The van der Waals surface area contributed by atoms with E-state index in [1.807, 2.05) is 0 Å². The average molecular weight is 317 g/mol. The maximum atomic E-state index is 11.9. The van der Waals surface area contributed by atoms with E-state index in [4.69, 9.17) is 11.6 Å². The van der Waals surface area contributed by atoms with Gasteiger partial charge in [-0.2, -0.15) is 0 Å². The Balaban J connectivity index is 2.71. The normalized spacial score (nSPS) is 11.7. The van der Waals surface area contributed by atoms with Crippen LogP contribution in [-0.4, -0.2) is 21.2 Å². The third-order valence-corrected chi connectivity index (χ3v) is 3.33. The standard InChI is InChI=1S/C17H13ClO4/c1-10(19)15(16(21)17(18)22)14-5-3-2-4-13(14)11-6-8-12(20)9-7-11/h2-9,20-21H,1H3. The number of phenolic OH excluding ortho intramolecular Hbond substituents is 1. The summed E-state index contributed by atoms with van der Waals surface area (Å²) in [5, 5.41) is 18.1. The molecule has 0 heterocycles. The Morgan fingerprint density at radius 2 is 1.59 bits per heavy atom. The van der Waals surface area contributed by atoms with Gasteiger partial charge in [-0.15, -0.1) is 0 Å². The van der Waals surface area contributed by atoms with Crippen LogP contribution in [0.1, 0.15) is 12.5 Å². The largest absolute Gasteiger partial charge is 0.508 e. The van der Waals surface area contributed by atoms with Gasteiger partial charge in [0.1, 0.15) is 5.75 Å². The van der Waals surface area contributed by atoms with E-state index < -0.39 is 16.8 Å². The molecule has 0 radical (unpaired) electrons. The van der Waals surface area contributed by atoms with Crippen LogP contribution in [-0.2, 0) is 9.59 Å². The Bertz CT molecular complexity index is 760. The molecule has 0 atom stereocenters. The Morgan fingerprint density at radius 1 is 1.00 bits per heavy atom. The van der Waals surface area contributed by atoms with Gasteiger partial charge >= 0.3 is 0 Å². The number of rotatable bonds is 4. The van der Waals surface area contributed by atoms with Crippen LogP contribution in [0.3, 0.4) is 0 Å². The molecule has 0 aromatic heterocycles. The molecular formula is C17H13ClO4. The molecule has 2 rings (SSSR count). The van der Waals surface area contributed by atoms with Gasteiger partial charge in [-0.25, -0.2) is 0 Å². The monoisotopic (exact) mass is 316 g/mol. The fraction of sp³-hybridized carbons (Fsp3) is 0.0588. The number of halogens is 1. The first-order valence-electron chi connectivity index (χ1n) is 6.44. The van der Waals surface area contributed by atoms with Crippen LogP contribution in [0.15, 0.2) is 54.3 Å². The maximum absolute atomic E-state index is 11.9. The summed E-state index contributed by atoms with van der Waals surface area (Å²) in [5.41, 5.74) is 1.62. The number of benzene rings is 2. The van der Waals surface area contributed by atoms with Gasteiger partial charge in [-0.05, 0) is 47.3 Å². The highest BCUT2D eigenvalue weighted by molar-refractivity contribution is 6.68. The predicted octanol–water partition coefficient (Wildman–Crippen LogP) is 3.68. The fourth-order valence-corrected chi connectivity index (χ4v) is 2.27. The van der Waals surface area contributed by atoms with Gasteiger partial charge in [0.15, 0.2) is 11.5 Å². The molecule has 5 heteroatoms. The van der Waals surface area contributed by atoms with E-state index in [9.17, 15) is 19.8 Å². The highest BCUT2D eigenvalue weighted by atomic mass is 35.5. The molecule has 0 aliphatic carbocycles. The summed E-state index contributed by atoms with van der Waals surface area (Å²) >= 11 is 5.30. The second-order valence-electron chi connectivity index (χ2n) is 4.65. The van der Waals surface area contributed by atoms with E-state index in [0.717, 1.165) is 5.56 Å². The molecule has 0 unspecified atom stereocenters. The second kappa shape index (κ2) is 6.45. The van der Waals surface area contributed by atoms with E-state index in [-0.39, 0.29) is 11.3 Å². The summed E-state index contributed by atoms with van der Waals surface area (Å²) in [7, 11) is 0. The van der Waals surface area contributed by atoms with Crippen molar-refractivity contribution in [3.8, 4) is 16.9 Å². The Morgan fingerprint density at radius 3 is 2.14 bits per heavy atom. The molecule has 4 nitrogen and oxygen atoms in total. The minimum atomic E-state index is -1.09. The first-order valence-corrected chi connectivity index (χ1v) is 6.82. The quantitative estimate of drug-likeness (QED) is 0.512. The van der Waals surface area contributed by atoms with Crippen molar-refractivity contribution in [3.05, 3.63) is 59.9 Å². The lowest BCUT2D eigenvalue weighted by Gasteiger charge is -2.12. The van der Waals surface area contributed by atoms with Crippen molar-refractivity contribution in [2.45, 2.75) is 6.92 Å². The number of hydrogen-bond donors (Lipinski definition) is 2. The topological polar surface area (TPSA) is 74.6 Å². The van der Waals surface area contributed by atoms with Crippen LogP contribution in [0.2, 0.25) is 0 Å². The molecule has 0 saturated heterocycles. The van der Waals surface area contributed by atoms with Gasteiger partial charge in [-0.1, -0.05) is 36.4 Å². The first-order chi connectivity index (χ1) is 10.4. The molecule has 2 aromatic carbocycles. The Labute approximate surface area is 132 Å². The average Bonchev–Trinajstić information content (AvgIpc) is 2.48. The fourth-order valence-electron chi connectivity index (χ4n) is 2.18. The molecule has 22 heavy (non-hydrogen) atoms. The van der Waals surface area contributed by atoms with Crippen molar-refractivity contribution in [2.75, 3.05) is 0 Å². The van der Waals surface area contributed by atoms with Gasteiger partial charge in [0.2, 0.25) is 0 Å². The van der Waals surface area contributed by atoms with E-state index >= 15 is 0 Å². The van der Waals surface area contributed by atoms with Gasteiger partial charge in [0, 0.05) is 0 Å². The van der Waals surface area contributed by atoms with Crippen LogP contribution in [0.25, 0.3) is 16.7 Å². The van der Waals surface area contributed by atoms with Crippen LogP contribution in [0, 0.1) is 0 Å². The van der Waals surface area contributed by atoms with Crippen LogP contribution >= 0.6 is 11.6 Å². The van der Waals surface area contributed by atoms with Crippen molar-refractivity contribution < 1.29 is 19.8 Å². The highest BCUT2D eigenvalue weighted by Gasteiger charge is 2.21. The molecule has 2 N–H and O–H groups in total. The molecule has 0 fully saturated rings. The molecule has 0 amide bonds. The van der Waals surface area contributed by atoms with Gasteiger partial charge in [-0.3, -0.25) is 9.59 Å². The van der Waals surface area contributed by atoms with Crippen molar-refractivity contribution in [3.63, 3.8) is 0 Å². The number of allylic oxidation sites excluding steroid dienone is 2. The number of aromatic hydroxyl groups is 1. The van der Waals surface area contributed by atoms with Gasteiger partial charge in [0.05, 0.1) is 5.57 Å². The highest BCUT2D eigenvalue weighted by Crippen LogP contribution is 2.32. The number of ketones is 1. The third-order valence-electron chi connectivity index (χ3n) is 3.15. The molecule has 112 valence electrons. The van der Waals surface area contributed by atoms with Crippen molar-refractivity contribution in [1.82, 2.24) is 0 Å². The van der Waals surface area contributed by atoms with E-state index in [1.165, 1.54) is 19.1 Å². The summed E-state index contributed by atoms with van der Waals surface area (Å²) in [6.07, 6.45) is 0. The number of aliphatic hydroxyl groups excluding tert-OH is 1. The van der Waals surface area contributed by atoms with Gasteiger partial charge < -0.3 is 10.2 Å². The number of carbonyl (C=O) groups is 2. The summed E-state index contributed by atoms with van der Waals surface area (Å²) < 4.78 is 0. The number of aliphatic hydroxyl groups is 1. The van der Waals surface area contributed by atoms with E-state index in [1.54, 1.807) is 36.4 Å². The molecular weight excluding hydrogens is 304 g/mol. The molecule has 0 spiro atoms. The molecule has 0 aliphatic rings. The minimum absolute atomic E-state index is 0.113. The van der Waals surface area contributed by atoms with Crippen molar-refractivity contribution in [2.24, 2.45) is 0 Å². The smallest absolute Gasteiger partial charge is 0.287 e. The van der Waals surface area contributed by atoms with Crippen molar-refractivity contribution in [1.29, 1.82) is 0 Å². The summed E-state index contributed by atoms with van der Waals surface area (Å²) in [6.45, 7) is 1.25. The predicted molar refractivity (Wildman–Crippen MR) is 84.6 cm³/mol.